The molecule has 0 radical (unpaired) electrons. The molecule has 0 aromatic heterocycles. The van der Waals surface area contributed by atoms with Gasteiger partial charge in [-0.05, 0) is 34.9 Å². The SMILES string of the molecule is C=C/C=C/C=C/C=C1/N(CCCC)c2ccc3ccccc3c2C1(C)C. The van der Waals surface area contributed by atoms with Crippen LogP contribution in [-0.2, 0) is 5.41 Å². The summed E-state index contributed by atoms with van der Waals surface area (Å²) in [4.78, 5) is 2.52. The van der Waals surface area contributed by atoms with E-state index in [1.54, 1.807) is 6.08 Å². The Kier molecular flexibility index (Phi) is 5.46. The Morgan fingerprint density at radius 3 is 2.54 bits per heavy atom. The highest BCUT2D eigenvalue weighted by molar-refractivity contribution is 5.94. The molecule has 1 aliphatic heterocycles. The molecular weight excluding hydrogens is 314 g/mol. The van der Waals surface area contributed by atoms with Crippen molar-refractivity contribution in [2.24, 2.45) is 0 Å². The number of nitrogens with zero attached hydrogens (tertiary/aromatic N) is 1. The fourth-order valence-electron chi connectivity index (χ4n) is 3.95. The molecule has 0 unspecified atom stereocenters. The normalized spacial score (nSPS) is 17.7. The summed E-state index contributed by atoms with van der Waals surface area (Å²) in [6.07, 6.45) is 14.7. The molecule has 2 aromatic rings. The van der Waals surface area contributed by atoms with E-state index < -0.39 is 0 Å². The number of hydrogen-bond acceptors (Lipinski definition) is 1. The van der Waals surface area contributed by atoms with Gasteiger partial charge in [-0.25, -0.2) is 0 Å². The lowest BCUT2D eigenvalue weighted by atomic mass is 9.81. The van der Waals surface area contributed by atoms with Crippen molar-refractivity contribution in [1.29, 1.82) is 0 Å². The van der Waals surface area contributed by atoms with Gasteiger partial charge < -0.3 is 4.90 Å². The van der Waals surface area contributed by atoms with Gasteiger partial charge in [0.2, 0.25) is 0 Å². The molecule has 2 aromatic carbocycles. The van der Waals surface area contributed by atoms with Gasteiger partial charge in [-0.15, -0.1) is 0 Å². The maximum Gasteiger partial charge on any atom is 0.0457 e. The highest BCUT2D eigenvalue weighted by atomic mass is 15.2. The molecule has 134 valence electrons. The van der Waals surface area contributed by atoms with Crippen molar-refractivity contribution in [3.8, 4) is 0 Å². The summed E-state index contributed by atoms with van der Waals surface area (Å²) in [6.45, 7) is 11.7. The Hall–Kier alpha value is -2.54. The van der Waals surface area contributed by atoms with Gasteiger partial charge in [-0.2, -0.15) is 0 Å². The summed E-state index contributed by atoms with van der Waals surface area (Å²) in [5.41, 5.74) is 4.17. The van der Waals surface area contributed by atoms with Crippen molar-refractivity contribution in [1.82, 2.24) is 0 Å². The summed E-state index contributed by atoms with van der Waals surface area (Å²) >= 11 is 0. The Morgan fingerprint density at radius 2 is 1.77 bits per heavy atom. The summed E-state index contributed by atoms with van der Waals surface area (Å²) in [7, 11) is 0. The van der Waals surface area contributed by atoms with Gasteiger partial charge in [-0.3, -0.25) is 0 Å². The number of benzene rings is 2. The lowest BCUT2D eigenvalue weighted by Gasteiger charge is -2.27. The zero-order valence-corrected chi connectivity index (χ0v) is 16.2. The van der Waals surface area contributed by atoms with Gasteiger partial charge in [0.25, 0.3) is 0 Å². The van der Waals surface area contributed by atoms with Crippen molar-refractivity contribution in [3.05, 3.63) is 90.7 Å². The molecular formula is C25H29N. The quantitative estimate of drug-likeness (QED) is 0.514. The van der Waals surface area contributed by atoms with E-state index in [-0.39, 0.29) is 5.41 Å². The number of anilines is 1. The van der Waals surface area contributed by atoms with Crippen molar-refractivity contribution in [2.45, 2.75) is 39.0 Å². The molecule has 1 aliphatic rings. The Balaban J connectivity index is 2.13. The third-order valence-electron chi connectivity index (χ3n) is 5.21. The highest BCUT2D eigenvalue weighted by Crippen LogP contribution is 2.50. The number of fused-ring (bicyclic) bond motifs is 3. The van der Waals surface area contributed by atoms with Crippen molar-refractivity contribution in [2.75, 3.05) is 11.4 Å². The molecule has 1 nitrogen and oxygen atoms in total. The van der Waals surface area contributed by atoms with E-state index in [1.807, 2.05) is 12.2 Å². The maximum atomic E-state index is 3.72. The van der Waals surface area contributed by atoms with Crippen LogP contribution in [0.3, 0.4) is 0 Å². The maximum absolute atomic E-state index is 3.72. The zero-order chi connectivity index (χ0) is 18.6. The minimum atomic E-state index is -0.0174. The standard InChI is InChI=1S/C25H29N/c1-5-7-9-10-11-16-23-25(3,4)24-21-15-13-12-14-20(21)17-18-22(24)26(23)19-8-6-2/h5,7,9-18H,1,6,8,19H2,2-4H3/b9-7+,11-10+,23-16+. The van der Waals surface area contributed by atoms with Crippen LogP contribution in [-0.4, -0.2) is 6.54 Å². The van der Waals surface area contributed by atoms with E-state index in [1.165, 1.54) is 40.6 Å². The van der Waals surface area contributed by atoms with Gasteiger partial charge in [0.1, 0.15) is 0 Å². The average molecular weight is 344 g/mol. The molecule has 26 heavy (non-hydrogen) atoms. The topological polar surface area (TPSA) is 3.24 Å². The highest BCUT2D eigenvalue weighted by Gasteiger charge is 2.40. The van der Waals surface area contributed by atoms with Gasteiger partial charge in [0, 0.05) is 23.3 Å². The molecule has 0 fully saturated rings. The Bertz CT molecular complexity index is 880. The smallest absolute Gasteiger partial charge is 0.0457 e. The summed E-state index contributed by atoms with van der Waals surface area (Å²) in [5, 5.41) is 2.69. The molecule has 0 spiro atoms. The second-order valence-electron chi connectivity index (χ2n) is 7.37. The molecule has 3 rings (SSSR count). The van der Waals surface area contributed by atoms with E-state index in [9.17, 15) is 0 Å². The molecule has 0 amide bonds. The van der Waals surface area contributed by atoms with Gasteiger partial charge in [0.05, 0.1) is 0 Å². The van der Waals surface area contributed by atoms with Crippen LogP contribution in [0.5, 0.6) is 0 Å². The van der Waals surface area contributed by atoms with Crippen molar-refractivity contribution >= 4 is 16.5 Å². The van der Waals surface area contributed by atoms with Crippen LogP contribution in [0.2, 0.25) is 0 Å². The van der Waals surface area contributed by atoms with Gasteiger partial charge in [0.15, 0.2) is 0 Å². The van der Waals surface area contributed by atoms with E-state index in [0.29, 0.717) is 0 Å². The number of allylic oxidation sites excluding steroid dienone is 7. The summed E-state index contributed by atoms with van der Waals surface area (Å²) in [6, 6.07) is 13.3. The first-order valence-corrected chi connectivity index (χ1v) is 9.57. The minimum Gasteiger partial charge on any atom is -0.344 e. The van der Waals surface area contributed by atoms with E-state index in [4.69, 9.17) is 0 Å². The van der Waals surface area contributed by atoms with E-state index in [2.05, 4.69) is 86.9 Å². The largest absolute Gasteiger partial charge is 0.344 e. The number of hydrogen-bond donors (Lipinski definition) is 0. The first kappa shape index (κ1) is 18.3. The average Bonchev–Trinajstić information content (AvgIpc) is 2.86. The second kappa shape index (κ2) is 7.78. The molecule has 0 saturated carbocycles. The first-order chi connectivity index (χ1) is 12.6. The van der Waals surface area contributed by atoms with E-state index >= 15 is 0 Å². The van der Waals surface area contributed by atoms with Crippen LogP contribution in [0.25, 0.3) is 10.8 Å². The van der Waals surface area contributed by atoms with Crippen LogP contribution in [0, 0.1) is 0 Å². The molecule has 0 saturated heterocycles. The minimum absolute atomic E-state index is 0.0174. The lowest BCUT2D eigenvalue weighted by molar-refractivity contribution is 0.628. The second-order valence-corrected chi connectivity index (χ2v) is 7.37. The molecule has 0 atom stereocenters. The van der Waals surface area contributed by atoms with E-state index in [0.717, 1.165) is 6.54 Å². The van der Waals surface area contributed by atoms with Crippen LogP contribution >= 0.6 is 0 Å². The molecule has 1 heteroatoms. The lowest BCUT2D eigenvalue weighted by Crippen LogP contribution is -2.26. The monoisotopic (exact) mass is 343 g/mol. The Labute approximate surface area is 158 Å². The van der Waals surface area contributed by atoms with Gasteiger partial charge in [-0.1, -0.05) is 94.5 Å². The fraction of sp³-hybridized carbons (Fsp3) is 0.280. The van der Waals surface area contributed by atoms with Gasteiger partial charge >= 0.3 is 0 Å². The fourth-order valence-corrected chi connectivity index (χ4v) is 3.95. The van der Waals surface area contributed by atoms with Crippen LogP contribution in [0.15, 0.2) is 85.1 Å². The van der Waals surface area contributed by atoms with Crippen LogP contribution in [0.4, 0.5) is 5.69 Å². The summed E-state index contributed by atoms with van der Waals surface area (Å²) < 4.78 is 0. The first-order valence-electron chi connectivity index (χ1n) is 9.57. The van der Waals surface area contributed by atoms with Crippen LogP contribution < -0.4 is 4.90 Å². The molecule has 1 heterocycles. The number of unbranched alkanes of at least 4 members (excludes halogenated alkanes) is 1. The predicted molar refractivity (Wildman–Crippen MR) is 116 cm³/mol. The predicted octanol–water partition coefficient (Wildman–Crippen LogP) is 6.92. The third-order valence-corrected chi connectivity index (χ3v) is 5.21. The third kappa shape index (κ3) is 3.26. The zero-order valence-electron chi connectivity index (χ0n) is 16.2. The molecule has 0 bridgehead atoms. The molecule has 0 N–H and O–H groups in total. The van der Waals surface area contributed by atoms with Crippen molar-refractivity contribution in [3.63, 3.8) is 0 Å². The number of rotatable bonds is 6. The summed E-state index contributed by atoms with van der Waals surface area (Å²) in [5.74, 6) is 0. The van der Waals surface area contributed by atoms with Crippen LogP contribution in [0.1, 0.15) is 39.2 Å². The Morgan fingerprint density at radius 1 is 1.00 bits per heavy atom. The molecule has 0 aliphatic carbocycles. The van der Waals surface area contributed by atoms with Crippen molar-refractivity contribution < 1.29 is 0 Å².